The van der Waals surface area contributed by atoms with Crippen LogP contribution in [0.5, 0.6) is 0 Å². The Hall–Kier alpha value is -0.210. The largest absolute Gasteiger partial charge is 0.368 e. The lowest BCUT2D eigenvalue weighted by Gasteiger charge is -2.38. The molecule has 1 aromatic carbocycles. The van der Waals surface area contributed by atoms with Crippen LogP contribution in [0.25, 0.3) is 0 Å². The standard InChI is InChI=1S/C13H19BrClN/c1-5-13(2,3)16(4)12-10(9-14)7-6-8-11(12)15/h6-8H,5,9H2,1-4H3. The van der Waals surface area contributed by atoms with Gasteiger partial charge >= 0.3 is 0 Å². The van der Waals surface area contributed by atoms with Crippen molar-refractivity contribution in [2.75, 3.05) is 11.9 Å². The smallest absolute Gasteiger partial charge is 0.0642 e. The first-order chi connectivity index (χ1) is 7.44. The van der Waals surface area contributed by atoms with Crippen molar-refractivity contribution in [2.24, 2.45) is 0 Å². The number of para-hydroxylation sites is 1. The summed E-state index contributed by atoms with van der Waals surface area (Å²) in [5.41, 5.74) is 2.48. The van der Waals surface area contributed by atoms with Gasteiger partial charge in [-0.3, -0.25) is 0 Å². The summed E-state index contributed by atoms with van der Waals surface area (Å²) in [6, 6.07) is 6.05. The van der Waals surface area contributed by atoms with Gasteiger partial charge in [0.15, 0.2) is 0 Å². The molecule has 0 spiro atoms. The summed E-state index contributed by atoms with van der Waals surface area (Å²) in [5, 5.41) is 1.65. The van der Waals surface area contributed by atoms with Gasteiger partial charge in [-0.2, -0.15) is 0 Å². The molecule has 90 valence electrons. The number of rotatable bonds is 4. The van der Waals surface area contributed by atoms with Gasteiger partial charge in [-0.05, 0) is 31.9 Å². The number of benzene rings is 1. The zero-order chi connectivity index (χ0) is 12.3. The molecule has 0 bridgehead atoms. The topological polar surface area (TPSA) is 3.24 Å². The lowest BCUT2D eigenvalue weighted by Crippen LogP contribution is -2.41. The number of anilines is 1. The van der Waals surface area contributed by atoms with Crippen molar-refractivity contribution in [3.63, 3.8) is 0 Å². The van der Waals surface area contributed by atoms with Crippen LogP contribution in [-0.2, 0) is 5.33 Å². The summed E-state index contributed by atoms with van der Waals surface area (Å²) in [4.78, 5) is 2.27. The second kappa shape index (κ2) is 5.42. The van der Waals surface area contributed by atoms with E-state index in [2.05, 4.69) is 54.7 Å². The fourth-order valence-corrected chi connectivity index (χ4v) is 2.36. The van der Waals surface area contributed by atoms with E-state index in [0.717, 1.165) is 22.5 Å². The molecule has 0 unspecified atom stereocenters. The van der Waals surface area contributed by atoms with Gasteiger partial charge in [0.2, 0.25) is 0 Å². The van der Waals surface area contributed by atoms with Gasteiger partial charge < -0.3 is 4.90 Å². The van der Waals surface area contributed by atoms with Crippen LogP contribution in [0.15, 0.2) is 18.2 Å². The number of nitrogens with zero attached hydrogens (tertiary/aromatic N) is 1. The van der Waals surface area contributed by atoms with Crippen molar-refractivity contribution in [1.82, 2.24) is 0 Å². The summed E-state index contributed by atoms with van der Waals surface area (Å²) < 4.78 is 0. The molecular weight excluding hydrogens is 286 g/mol. The van der Waals surface area contributed by atoms with Gasteiger partial charge in [-0.15, -0.1) is 0 Å². The molecule has 16 heavy (non-hydrogen) atoms. The Kier molecular flexibility index (Phi) is 4.69. The number of halogens is 2. The summed E-state index contributed by atoms with van der Waals surface area (Å²) >= 11 is 9.82. The van der Waals surface area contributed by atoms with E-state index in [1.807, 2.05) is 12.1 Å². The van der Waals surface area contributed by atoms with Gasteiger partial charge in [0.1, 0.15) is 0 Å². The van der Waals surface area contributed by atoms with Gasteiger partial charge in [-0.25, -0.2) is 0 Å². The van der Waals surface area contributed by atoms with E-state index in [0.29, 0.717) is 0 Å². The molecule has 0 fully saturated rings. The zero-order valence-electron chi connectivity index (χ0n) is 10.3. The first-order valence-electron chi connectivity index (χ1n) is 5.51. The van der Waals surface area contributed by atoms with Crippen molar-refractivity contribution < 1.29 is 0 Å². The Morgan fingerprint density at radius 3 is 2.50 bits per heavy atom. The zero-order valence-corrected chi connectivity index (χ0v) is 12.7. The van der Waals surface area contributed by atoms with E-state index < -0.39 is 0 Å². The second-order valence-electron chi connectivity index (χ2n) is 4.61. The lowest BCUT2D eigenvalue weighted by atomic mass is 9.98. The lowest BCUT2D eigenvalue weighted by molar-refractivity contribution is 0.470. The summed E-state index contributed by atoms with van der Waals surface area (Å²) in [5.74, 6) is 0. The van der Waals surface area contributed by atoms with Crippen LogP contribution in [-0.4, -0.2) is 12.6 Å². The van der Waals surface area contributed by atoms with Crippen LogP contribution < -0.4 is 4.90 Å². The monoisotopic (exact) mass is 303 g/mol. The fraction of sp³-hybridized carbons (Fsp3) is 0.538. The average Bonchev–Trinajstić information content (AvgIpc) is 2.27. The normalized spacial score (nSPS) is 11.6. The predicted octanol–water partition coefficient (Wildman–Crippen LogP) is 4.86. The van der Waals surface area contributed by atoms with Crippen LogP contribution >= 0.6 is 27.5 Å². The first kappa shape index (κ1) is 13.9. The summed E-state index contributed by atoms with van der Waals surface area (Å²) in [6.45, 7) is 6.66. The van der Waals surface area contributed by atoms with Gasteiger partial charge in [0, 0.05) is 17.9 Å². The van der Waals surface area contributed by atoms with E-state index in [-0.39, 0.29) is 5.54 Å². The molecule has 0 aliphatic rings. The molecule has 0 aromatic heterocycles. The van der Waals surface area contributed by atoms with E-state index in [1.54, 1.807) is 0 Å². The highest BCUT2D eigenvalue weighted by molar-refractivity contribution is 9.08. The number of hydrogen-bond acceptors (Lipinski definition) is 1. The molecule has 3 heteroatoms. The van der Waals surface area contributed by atoms with Gasteiger partial charge in [0.05, 0.1) is 10.7 Å². The Morgan fingerprint density at radius 2 is 2.00 bits per heavy atom. The maximum Gasteiger partial charge on any atom is 0.0642 e. The third-order valence-corrected chi connectivity index (χ3v) is 4.23. The van der Waals surface area contributed by atoms with Crippen molar-refractivity contribution in [3.05, 3.63) is 28.8 Å². The molecule has 0 radical (unpaired) electrons. The van der Waals surface area contributed by atoms with Crippen LogP contribution in [0, 0.1) is 0 Å². The van der Waals surface area contributed by atoms with E-state index >= 15 is 0 Å². The van der Waals surface area contributed by atoms with Crippen LogP contribution in [0.3, 0.4) is 0 Å². The van der Waals surface area contributed by atoms with Gasteiger partial charge in [0.25, 0.3) is 0 Å². The molecule has 0 aliphatic carbocycles. The third kappa shape index (κ3) is 2.72. The fourth-order valence-electron chi connectivity index (χ4n) is 1.58. The molecule has 1 aromatic rings. The number of hydrogen-bond donors (Lipinski definition) is 0. The Morgan fingerprint density at radius 1 is 1.38 bits per heavy atom. The second-order valence-corrected chi connectivity index (χ2v) is 5.57. The maximum atomic E-state index is 6.30. The average molecular weight is 305 g/mol. The van der Waals surface area contributed by atoms with Crippen molar-refractivity contribution in [3.8, 4) is 0 Å². The van der Waals surface area contributed by atoms with E-state index in [1.165, 1.54) is 5.56 Å². The quantitative estimate of drug-likeness (QED) is 0.718. The maximum absolute atomic E-state index is 6.30. The van der Waals surface area contributed by atoms with E-state index in [4.69, 9.17) is 11.6 Å². The minimum atomic E-state index is 0.113. The highest BCUT2D eigenvalue weighted by Crippen LogP contribution is 2.35. The van der Waals surface area contributed by atoms with Crippen LogP contribution in [0.1, 0.15) is 32.8 Å². The molecule has 0 N–H and O–H groups in total. The highest BCUT2D eigenvalue weighted by Gasteiger charge is 2.24. The third-order valence-electron chi connectivity index (χ3n) is 3.32. The summed E-state index contributed by atoms with van der Waals surface area (Å²) in [7, 11) is 2.11. The van der Waals surface area contributed by atoms with Crippen LogP contribution in [0.4, 0.5) is 5.69 Å². The van der Waals surface area contributed by atoms with Gasteiger partial charge in [-0.1, -0.05) is 46.6 Å². The predicted molar refractivity (Wildman–Crippen MR) is 76.9 cm³/mol. The van der Waals surface area contributed by atoms with E-state index in [9.17, 15) is 0 Å². The van der Waals surface area contributed by atoms with Crippen molar-refractivity contribution in [1.29, 1.82) is 0 Å². The molecule has 0 saturated carbocycles. The van der Waals surface area contributed by atoms with Crippen molar-refractivity contribution in [2.45, 2.75) is 38.1 Å². The molecular formula is C13H19BrClN. The molecule has 0 aliphatic heterocycles. The highest BCUT2D eigenvalue weighted by atomic mass is 79.9. The Labute approximate surface area is 112 Å². The first-order valence-corrected chi connectivity index (χ1v) is 7.01. The molecule has 0 amide bonds. The summed E-state index contributed by atoms with van der Waals surface area (Å²) in [6.07, 6.45) is 1.08. The molecule has 0 heterocycles. The molecule has 0 atom stereocenters. The minimum absolute atomic E-state index is 0.113. The molecule has 0 saturated heterocycles. The van der Waals surface area contributed by atoms with Crippen molar-refractivity contribution >= 4 is 33.2 Å². The number of alkyl halides is 1. The Balaban J connectivity index is 3.21. The Bertz CT molecular complexity index is 363. The SMILES string of the molecule is CCC(C)(C)N(C)c1c(Cl)cccc1CBr. The molecule has 1 rings (SSSR count). The minimum Gasteiger partial charge on any atom is -0.368 e. The van der Waals surface area contributed by atoms with Crippen LogP contribution in [0.2, 0.25) is 5.02 Å². The molecule has 1 nitrogen and oxygen atoms in total.